The van der Waals surface area contributed by atoms with Crippen molar-refractivity contribution in [2.24, 2.45) is 5.92 Å². The Morgan fingerprint density at radius 1 is 1.17 bits per heavy atom. The molecule has 120 valence electrons. The third-order valence-electron chi connectivity index (χ3n) is 3.55. The van der Waals surface area contributed by atoms with Crippen molar-refractivity contribution in [3.05, 3.63) is 59.2 Å². The van der Waals surface area contributed by atoms with Crippen molar-refractivity contribution in [2.75, 3.05) is 11.9 Å². The number of hydrogen-bond donors (Lipinski definition) is 1. The summed E-state index contributed by atoms with van der Waals surface area (Å²) in [4.78, 5) is 12.2. The highest BCUT2D eigenvalue weighted by molar-refractivity contribution is 5.92. The van der Waals surface area contributed by atoms with Crippen molar-refractivity contribution in [1.29, 1.82) is 10.5 Å². The number of anilines is 1. The van der Waals surface area contributed by atoms with Crippen LogP contribution in [0.15, 0.2) is 42.5 Å². The maximum Gasteiger partial charge on any atom is 0.230 e. The summed E-state index contributed by atoms with van der Waals surface area (Å²) < 4.78 is 5.57. The van der Waals surface area contributed by atoms with E-state index in [4.69, 9.17) is 15.3 Å². The van der Waals surface area contributed by atoms with Crippen molar-refractivity contribution in [3.8, 4) is 17.9 Å². The molecule has 1 N–H and O–H groups in total. The van der Waals surface area contributed by atoms with Crippen molar-refractivity contribution >= 4 is 11.6 Å². The van der Waals surface area contributed by atoms with E-state index in [1.807, 2.05) is 13.0 Å². The quantitative estimate of drug-likeness (QED) is 0.915. The summed E-state index contributed by atoms with van der Waals surface area (Å²) in [6.45, 7) is 3.83. The highest BCUT2D eigenvalue weighted by Crippen LogP contribution is 2.16. The second-order valence-corrected chi connectivity index (χ2v) is 5.48. The molecule has 1 atom stereocenters. The summed E-state index contributed by atoms with van der Waals surface area (Å²) in [6.07, 6.45) is 0. The van der Waals surface area contributed by atoms with Gasteiger partial charge in [-0.1, -0.05) is 6.92 Å². The number of hydrogen-bond acceptors (Lipinski definition) is 4. The monoisotopic (exact) mass is 319 g/mol. The molecule has 0 aromatic heterocycles. The van der Waals surface area contributed by atoms with Crippen molar-refractivity contribution < 1.29 is 9.53 Å². The van der Waals surface area contributed by atoms with E-state index in [1.165, 1.54) is 0 Å². The molecule has 0 radical (unpaired) electrons. The van der Waals surface area contributed by atoms with Gasteiger partial charge in [0.2, 0.25) is 5.91 Å². The fourth-order valence-corrected chi connectivity index (χ4v) is 2.05. The third-order valence-corrected chi connectivity index (χ3v) is 3.55. The molecule has 0 saturated heterocycles. The summed E-state index contributed by atoms with van der Waals surface area (Å²) in [7, 11) is 0. The molecule has 1 amide bonds. The molecule has 5 heteroatoms. The lowest BCUT2D eigenvalue weighted by atomic mass is 10.1. The Labute approximate surface area is 141 Å². The Morgan fingerprint density at radius 2 is 1.88 bits per heavy atom. The number of carbonyl (C=O) groups is 1. The number of rotatable bonds is 5. The Morgan fingerprint density at radius 3 is 2.46 bits per heavy atom. The van der Waals surface area contributed by atoms with Gasteiger partial charge < -0.3 is 10.1 Å². The van der Waals surface area contributed by atoms with E-state index in [9.17, 15) is 4.79 Å². The van der Waals surface area contributed by atoms with Gasteiger partial charge in [-0.05, 0) is 55.0 Å². The van der Waals surface area contributed by atoms with Crippen LogP contribution >= 0.6 is 0 Å². The average Bonchev–Trinajstić information content (AvgIpc) is 2.60. The van der Waals surface area contributed by atoms with E-state index in [1.54, 1.807) is 49.4 Å². The highest BCUT2D eigenvalue weighted by Gasteiger charge is 2.14. The predicted octanol–water partition coefficient (Wildman–Crippen LogP) is 3.39. The molecule has 0 heterocycles. The fraction of sp³-hybridized carbons (Fsp3) is 0.211. The lowest BCUT2D eigenvalue weighted by Crippen LogP contribution is -2.25. The Bertz CT molecular complexity index is 814. The van der Waals surface area contributed by atoms with E-state index in [-0.39, 0.29) is 18.4 Å². The molecular formula is C19H17N3O2. The number of carbonyl (C=O) groups excluding carboxylic acids is 1. The van der Waals surface area contributed by atoms with Gasteiger partial charge in [0.05, 0.1) is 35.8 Å². The SMILES string of the molecule is Cc1cc(NC(=O)[C@H](C)COc2ccc(C#N)cc2)ccc1C#N. The van der Waals surface area contributed by atoms with Gasteiger partial charge in [-0.2, -0.15) is 10.5 Å². The number of aryl methyl sites for hydroxylation is 1. The zero-order chi connectivity index (χ0) is 17.5. The summed E-state index contributed by atoms with van der Waals surface area (Å²) in [6, 6.07) is 16.0. The average molecular weight is 319 g/mol. The van der Waals surface area contributed by atoms with Gasteiger partial charge in [-0.15, -0.1) is 0 Å². The molecule has 0 unspecified atom stereocenters. The van der Waals surface area contributed by atoms with E-state index >= 15 is 0 Å². The van der Waals surface area contributed by atoms with Crippen LogP contribution in [0.2, 0.25) is 0 Å². The van der Waals surface area contributed by atoms with Gasteiger partial charge in [0.1, 0.15) is 5.75 Å². The van der Waals surface area contributed by atoms with E-state index in [0.29, 0.717) is 22.6 Å². The Hall–Kier alpha value is -3.31. The van der Waals surface area contributed by atoms with E-state index in [0.717, 1.165) is 5.56 Å². The third kappa shape index (κ3) is 4.34. The first-order chi connectivity index (χ1) is 11.5. The smallest absolute Gasteiger partial charge is 0.230 e. The first kappa shape index (κ1) is 17.1. The topological polar surface area (TPSA) is 85.9 Å². The van der Waals surface area contributed by atoms with Gasteiger partial charge in [0.25, 0.3) is 0 Å². The molecule has 0 aliphatic carbocycles. The largest absolute Gasteiger partial charge is 0.493 e. The first-order valence-electron chi connectivity index (χ1n) is 7.48. The maximum atomic E-state index is 12.2. The molecule has 0 fully saturated rings. The van der Waals surface area contributed by atoms with Crippen LogP contribution < -0.4 is 10.1 Å². The number of nitrogens with zero attached hydrogens (tertiary/aromatic N) is 2. The lowest BCUT2D eigenvalue weighted by molar-refractivity contribution is -0.120. The molecule has 2 rings (SSSR count). The van der Waals surface area contributed by atoms with Crippen LogP contribution in [-0.4, -0.2) is 12.5 Å². The number of nitrogens with one attached hydrogen (secondary N) is 1. The highest BCUT2D eigenvalue weighted by atomic mass is 16.5. The van der Waals surface area contributed by atoms with Crippen LogP contribution in [0, 0.1) is 35.5 Å². The summed E-state index contributed by atoms with van der Waals surface area (Å²) in [5.74, 6) is 0.104. The van der Waals surface area contributed by atoms with E-state index < -0.39 is 0 Å². The molecule has 0 bridgehead atoms. The summed E-state index contributed by atoms with van der Waals surface area (Å²) in [5, 5.41) is 20.5. The normalized spacial score (nSPS) is 11.0. The Kier molecular flexibility index (Phi) is 5.54. The number of amides is 1. The number of benzene rings is 2. The second-order valence-electron chi connectivity index (χ2n) is 5.48. The van der Waals surface area contributed by atoms with Crippen LogP contribution in [0.5, 0.6) is 5.75 Å². The molecule has 0 aliphatic heterocycles. The van der Waals surface area contributed by atoms with Crippen LogP contribution in [-0.2, 0) is 4.79 Å². The molecule has 2 aromatic rings. The zero-order valence-electron chi connectivity index (χ0n) is 13.5. The van der Waals surface area contributed by atoms with Crippen LogP contribution in [0.25, 0.3) is 0 Å². The minimum Gasteiger partial charge on any atom is -0.493 e. The van der Waals surface area contributed by atoms with Crippen LogP contribution in [0.4, 0.5) is 5.69 Å². The fourth-order valence-electron chi connectivity index (χ4n) is 2.05. The van der Waals surface area contributed by atoms with Crippen molar-refractivity contribution in [3.63, 3.8) is 0 Å². The zero-order valence-corrected chi connectivity index (χ0v) is 13.5. The standard InChI is InChI=1S/C19H17N3O2/c1-13-9-17(6-5-16(13)11-21)22-19(23)14(2)12-24-18-7-3-15(10-20)4-8-18/h3-9,14H,12H2,1-2H3,(H,22,23)/t14-/m1/s1. The lowest BCUT2D eigenvalue weighted by Gasteiger charge is -2.14. The Balaban J connectivity index is 1.91. The molecule has 2 aromatic carbocycles. The molecule has 0 spiro atoms. The molecule has 5 nitrogen and oxygen atoms in total. The van der Waals surface area contributed by atoms with Gasteiger partial charge in [0, 0.05) is 5.69 Å². The predicted molar refractivity (Wildman–Crippen MR) is 90.3 cm³/mol. The minimum atomic E-state index is -0.350. The molecular weight excluding hydrogens is 302 g/mol. The number of nitriles is 2. The first-order valence-corrected chi connectivity index (χ1v) is 7.48. The minimum absolute atomic E-state index is 0.159. The van der Waals surface area contributed by atoms with Crippen LogP contribution in [0.1, 0.15) is 23.6 Å². The van der Waals surface area contributed by atoms with Gasteiger partial charge in [-0.25, -0.2) is 0 Å². The van der Waals surface area contributed by atoms with Crippen molar-refractivity contribution in [1.82, 2.24) is 0 Å². The summed E-state index contributed by atoms with van der Waals surface area (Å²) in [5.41, 5.74) is 2.62. The maximum absolute atomic E-state index is 12.2. The van der Waals surface area contributed by atoms with E-state index in [2.05, 4.69) is 11.4 Å². The van der Waals surface area contributed by atoms with Gasteiger partial charge >= 0.3 is 0 Å². The van der Waals surface area contributed by atoms with Gasteiger partial charge in [-0.3, -0.25) is 4.79 Å². The second kappa shape index (κ2) is 7.80. The molecule has 24 heavy (non-hydrogen) atoms. The number of ether oxygens (including phenoxy) is 1. The van der Waals surface area contributed by atoms with Gasteiger partial charge in [0.15, 0.2) is 0 Å². The molecule has 0 saturated carbocycles. The van der Waals surface area contributed by atoms with Crippen molar-refractivity contribution in [2.45, 2.75) is 13.8 Å². The summed E-state index contributed by atoms with van der Waals surface area (Å²) >= 11 is 0. The molecule has 0 aliphatic rings. The van der Waals surface area contributed by atoms with Crippen LogP contribution in [0.3, 0.4) is 0 Å².